The monoisotopic (exact) mass is 295 g/mol. The van der Waals surface area contributed by atoms with Crippen LogP contribution in [0.3, 0.4) is 0 Å². The van der Waals surface area contributed by atoms with Gasteiger partial charge in [0.25, 0.3) is 0 Å². The van der Waals surface area contributed by atoms with Gasteiger partial charge in [0.15, 0.2) is 0 Å². The van der Waals surface area contributed by atoms with E-state index in [1.165, 1.54) is 11.1 Å². The van der Waals surface area contributed by atoms with E-state index in [0.717, 1.165) is 18.6 Å². The van der Waals surface area contributed by atoms with Crippen molar-refractivity contribution in [1.82, 2.24) is 0 Å². The van der Waals surface area contributed by atoms with Gasteiger partial charge < -0.3 is 24.7 Å². The third kappa shape index (κ3) is 5.28. The first-order valence-electron chi connectivity index (χ1n) is 7.47. The minimum atomic E-state index is 0.190. The lowest BCUT2D eigenvalue weighted by Crippen LogP contribution is -2.12. The number of methoxy groups -OCH3 is 1. The molecule has 2 rings (SSSR count). The molecule has 1 atom stereocenters. The molecule has 1 aliphatic rings. The summed E-state index contributed by atoms with van der Waals surface area (Å²) in [7, 11) is 1.66. The van der Waals surface area contributed by atoms with Gasteiger partial charge in [0.05, 0.1) is 33.0 Å². The van der Waals surface area contributed by atoms with Crippen LogP contribution in [0.4, 0.5) is 0 Å². The predicted molar refractivity (Wildman–Crippen MR) is 80.7 cm³/mol. The highest BCUT2D eigenvalue weighted by Crippen LogP contribution is 2.31. The van der Waals surface area contributed by atoms with Crippen LogP contribution in [0.2, 0.25) is 0 Å². The van der Waals surface area contributed by atoms with Crippen molar-refractivity contribution in [2.24, 2.45) is 5.73 Å². The summed E-state index contributed by atoms with van der Waals surface area (Å²) in [6.45, 7) is 3.48. The van der Waals surface area contributed by atoms with E-state index in [1.54, 1.807) is 7.11 Å². The molecule has 1 aliphatic carbocycles. The zero-order valence-electron chi connectivity index (χ0n) is 12.7. The Morgan fingerprint density at radius 1 is 1.05 bits per heavy atom. The highest BCUT2D eigenvalue weighted by Gasteiger charge is 2.18. The number of benzene rings is 1. The maximum Gasteiger partial charge on any atom is 0.119 e. The number of hydrogen-bond acceptors (Lipinski definition) is 5. The molecule has 0 aromatic heterocycles. The summed E-state index contributed by atoms with van der Waals surface area (Å²) in [5, 5.41) is 0. The van der Waals surface area contributed by atoms with Crippen LogP contribution < -0.4 is 10.5 Å². The van der Waals surface area contributed by atoms with Crippen molar-refractivity contribution < 1.29 is 18.9 Å². The molecule has 0 aliphatic heterocycles. The Morgan fingerprint density at radius 2 is 1.76 bits per heavy atom. The van der Waals surface area contributed by atoms with Crippen molar-refractivity contribution in [2.75, 3.05) is 46.8 Å². The highest BCUT2D eigenvalue weighted by molar-refractivity contribution is 5.40. The van der Waals surface area contributed by atoms with Crippen LogP contribution in [0, 0.1) is 0 Å². The summed E-state index contributed by atoms with van der Waals surface area (Å²) in [5.41, 5.74) is 8.58. The van der Waals surface area contributed by atoms with Crippen molar-refractivity contribution in [2.45, 2.75) is 18.9 Å². The van der Waals surface area contributed by atoms with Gasteiger partial charge in [-0.2, -0.15) is 0 Å². The molecular formula is C16H25NO4. The van der Waals surface area contributed by atoms with Gasteiger partial charge in [-0.3, -0.25) is 0 Å². The molecule has 5 nitrogen and oxygen atoms in total. The molecule has 2 N–H and O–H groups in total. The van der Waals surface area contributed by atoms with Gasteiger partial charge in [-0.05, 0) is 36.1 Å². The number of fused-ring (bicyclic) bond motifs is 1. The average Bonchev–Trinajstić information content (AvgIpc) is 2.86. The standard InChI is InChI=1S/C16H25NO4/c1-18-6-7-19-8-9-20-10-11-21-14-3-4-15-13(12-14)2-5-16(15)17/h3-4,12,16H,2,5-11,17H2,1H3/t16-/m0/s1. The molecule has 1 aromatic rings. The molecule has 0 amide bonds. The van der Waals surface area contributed by atoms with Gasteiger partial charge in [0.2, 0.25) is 0 Å². The van der Waals surface area contributed by atoms with E-state index in [2.05, 4.69) is 12.1 Å². The molecule has 5 heteroatoms. The average molecular weight is 295 g/mol. The smallest absolute Gasteiger partial charge is 0.119 e. The number of ether oxygens (including phenoxy) is 4. The lowest BCUT2D eigenvalue weighted by atomic mass is 10.1. The van der Waals surface area contributed by atoms with Crippen molar-refractivity contribution in [3.63, 3.8) is 0 Å². The zero-order valence-corrected chi connectivity index (χ0v) is 12.7. The summed E-state index contributed by atoms with van der Waals surface area (Å²) in [6.07, 6.45) is 2.08. The van der Waals surface area contributed by atoms with E-state index in [0.29, 0.717) is 39.6 Å². The second-order valence-electron chi connectivity index (χ2n) is 5.07. The fourth-order valence-electron chi connectivity index (χ4n) is 2.40. The molecule has 0 radical (unpaired) electrons. The highest BCUT2D eigenvalue weighted by atomic mass is 16.6. The van der Waals surface area contributed by atoms with Crippen molar-refractivity contribution in [3.8, 4) is 5.75 Å². The van der Waals surface area contributed by atoms with E-state index in [9.17, 15) is 0 Å². The van der Waals surface area contributed by atoms with Crippen LogP contribution in [0.25, 0.3) is 0 Å². The summed E-state index contributed by atoms with van der Waals surface area (Å²) in [4.78, 5) is 0. The van der Waals surface area contributed by atoms with Crippen LogP contribution in [0.5, 0.6) is 5.75 Å². The topological polar surface area (TPSA) is 62.9 Å². The summed E-state index contributed by atoms with van der Waals surface area (Å²) >= 11 is 0. The first-order valence-corrected chi connectivity index (χ1v) is 7.47. The lowest BCUT2D eigenvalue weighted by Gasteiger charge is -2.10. The predicted octanol–water partition coefficient (Wildman–Crippen LogP) is 1.69. The molecule has 118 valence electrons. The zero-order chi connectivity index (χ0) is 14.9. The Bertz CT molecular complexity index is 425. The Kier molecular flexibility index (Phi) is 6.95. The van der Waals surface area contributed by atoms with Crippen LogP contribution in [-0.2, 0) is 20.6 Å². The summed E-state index contributed by atoms with van der Waals surface area (Å²) in [6, 6.07) is 6.34. The van der Waals surface area contributed by atoms with Crippen molar-refractivity contribution in [1.29, 1.82) is 0 Å². The van der Waals surface area contributed by atoms with Gasteiger partial charge in [-0.1, -0.05) is 6.07 Å². The summed E-state index contributed by atoms with van der Waals surface area (Å²) < 4.78 is 21.3. The van der Waals surface area contributed by atoms with E-state index in [4.69, 9.17) is 24.7 Å². The minimum Gasteiger partial charge on any atom is -0.491 e. The van der Waals surface area contributed by atoms with Crippen LogP contribution in [-0.4, -0.2) is 46.8 Å². The molecule has 0 fully saturated rings. The van der Waals surface area contributed by atoms with Gasteiger partial charge in [-0.25, -0.2) is 0 Å². The Morgan fingerprint density at radius 3 is 2.52 bits per heavy atom. The third-order valence-corrected chi connectivity index (χ3v) is 3.54. The van der Waals surface area contributed by atoms with Crippen molar-refractivity contribution in [3.05, 3.63) is 29.3 Å². The van der Waals surface area contributed by atoms with Gasteiger partial charge in [0.1, 0.15) is 12.4 Å². The number of aryl methyl sites for hydroxylation is 1. The molecular weight excluding hydrogens is 270 g/mol. The SMILES string of the molecule is COCCOCCOCCOc1ccc2c(c1)CC[C@@H]2N. The fourth-order valence-corrected chi connectivity index (χ4v) is 2.40. The second-order valence-corrected chi connectivity index (χ2v) is 5.07. The van der Waals surface area contributed by atoms with Crippen LogP contribution >= 0.6 is 0 Å². The number of hydrogen-bond donors (Lipinski definition) is 1. The van der Waals surface area contributed by atoms with Crippen LogP contribution in [0.1, 0.15) is 23.6 Å². The maximum atomic E-state index is 6.01. The normalized spacial score (nSPS) is 17.0. The van der Waals surface area contributed by atoms with E-state index >= 15 is 0 Å². The first-order chi connectivity index (χ1) is 10.3. The quantitative estimate of drug-likeness (QED) is 0.666. The number of rotatable bonds is 10. The molecule has 0 heterocycles. The molecule has 0 saturated heterocycles. The van der Waals surface area contributed by atoms with Gasteiger partial charge >= 0.3 is 0 Å². The van der Waals surface area contributed by atoms with E-state index < -0.39 is 0 Å². The van der Waals surface area contributed by atoms with Crippen LogP contribution in [0.15, 0.2) is 18.2 Å². The Hall–Kier alpha value is -1.14. The molecule has 0 unspecified atom stereocenters. The molecule has 0 saturated carbocycles. The first kappa shape index (κ1) is 16.2. The Balaban J connectivity index is 1.55. The lowest BCUT2D eigenvalue weighted by molar-refractivity contribution is 0.0179. The maximum absolute atomic E-state index is 6.01. The molecule has 21 heavy (non-hydrogen) atoms. The van der Waals surface area contributed by atoms with E-state index in [1.807, 2.05) is 6.07 Å². The molecule has 0 bridgehead atoms. The molecule has 1 aromatic carbocycles. The third-order valence-electron chi connectivity index (χ3n) is 3.54. The largest absolute Gasteiger partial charge is 0.491 e. The summed E-state index contributed by atoms with van der Waals surface area (Å²) in [5.74, 6) is 0.891. The second kappa shape index (κ2) is 9.00. The van der Waals surface area contributed by atoms with Gasteiger partial charge in [-0.15, -0.1) is 0 Å². The minimum absolute atomic E-state index is 0.190. The van der Waals surface area contributed by atoms with E-state index in [-0.39, 0.29) is 6.04 Å². The van der Waals surface area contributed by atoms with Gasteiger partial charge in [0, 0.05) is 13.2 Å². The fraction of sp³-hybridized carbons (Fsp3) is 0.625. The van der Waals surface area contributed by atoms with Crippen molar-refractivity contribution >= 4 is 0 Å². The Labute approximate surface area is 126 Å². The number of nitrogens with two attached hydrogens (primary N) is 1. The molecule has 0 spiro atoms.